The zero-order valence-electron chi connectivity index (χ0n) is 14.0. The van der Waals surface area contributed by atoms with Gasteiger partial charge in [0.25, 0.3) is 0 Å². The van der Waals surface area contributed by atoms with Gasteiger partial charge in [0.1, 0.15) is 6.54 Å². The van der Waals surface area contributed by atoms with Gasteiger partial charge in [-0.3, -0.25) is 4.79 Å². The lowest BCUT2D eigenvalue weighted by molar-refractivity contribution is -0.128. The number of aliphatic imine (C=N–C) groups is 1. The van der Waals surface area contributed by atoms with E-state index in [4.69, 9.17) is 0 Å². The van der Waals surface area contributed by atoms with Crippen LogP contribution in [0.1, 0.15) is 35.3 Å². The number of amides is 1. The van der Waals surface area contributed by atoms with Gasteiger partial charge in [-0.05, 0) is 33.6 Å². The average molecular weight is 451 g/mol. The molecule has 1 aromatic heterocycles. The second-order valence-corrected chi connectivity index (χ2v) is 6.67. The molecule has 1 aromatic rings. The molecule has 2 N–H and O–H groups in total. The summed E-state index contributed by atoms with van der Waals surface area (Å²) in [5.41, 5.74) is 1.05. The number of nitrogens with one attached hydrogen (secondary N) is 2. The van der Waals surface area contributed by atoms with E-state index in [0.717, 1.165) is 43.2 Å². The van der Waals surface area contributed by atoms with Crippen LogP contribution in [0.15, 0.2) is 4.99 Å². The normalized spacial score (nSPS) is 14.6. The van der Waals surface area contributed by atoms with E-state index in [0.29, 0.717) is 12.5 Å². The summed E-state index contributed by atoms with van der Waals surface area (Å²) in [7, 11) is 0. The number of halogens is 1. The maximum Gasteiger partial charge on any atom is 0.244 e. The Morgan fingerprint density at radius 1 is 1.30 bits per heavy atom. The predicted octanol–water partition coefficient (Wildman–Crippen LogP) is 2.06. The minimum atomic E-state index is 0. The summed E-state index contributed by atoms with van der Waals surface area (Å²) in [6.45, 7) is 9.44. The van der Waals surface area contributed by atoms with Crippen molar-refractivity contribution in [3.8, 4) is 0 Å². The van der Waals surface area contributed by atoms with E-state index in [9.17, 15) is 4.79 Å². The standard InChI is InChI=1S/C15H25N5OS.HI/c1-4-16-15(17-9-13-11(2)19-12(3)22-13)18-10-14(21)20-7-5-6-8-20;/h4-10H2,1-3H3,(H2,16,17,18);1H. The summed E-state index contributed by atoms with van der Waals surface area (Å²) in [5, 5.41) is 7.52. The number of carbonyl (C=O) groups excluding carboxylic acids is 1. The van der Waals surface area contributed by atoms with Gasteiger partial charge in [0, 0.05) is 24.5 Å². The summed E-state index contributed by atoms with van der Waals surface area (Å²) in [4.78, 5) is 24.0. The molecular weight excluding hydrogens is 425 g/mol. The molecule has 23 heavy (non-hydrogen) atoms. The third-order valence-electron chi connectivity index (χ3n) is 3.59. The van der Waals surface area contributed by atoms with Crippen molar-refractivity contribution in [3.05, 3.63) is 15.6 Å². The minimum Gasteiger partial charge on any atom is -0.357 e. The van der Waals surface area contributed by atoms with E-state index in [1.54, 1.807) is 11.3 Å². The highest BCUT2D eigenvalue weighted by molar-refractivity contribution is 14.0. The molecule has 0 bridgehead atoms. The molecule has 0 aliphatic carbocycles. The number of thiazole rings is 1. The van der Waals surface area contributed by atoms with E-state index in [-0.39, 0.29) is 36.4 Å². The fraction of sp³-hybridized carbons (Fsp3) is 0.667. The number of rotatable bonds is 5. The van der Waals surface area contributed by atoms with Crippen LogP contribution in [0.3, 0.4) is 0 Å². The molecule has 1 amide bonds. The summed E-state index contributed by atoms with van der Waals surface area (Å²) in [6, 6.07) is 0. The van der Waals surface area contributed by atoms with E-state index < -0.39 is 0 Å². The summed E-state index contributed by atoms with van der Waals surface area (Å²) in [6.07, 6.45) is 2.22. The van der Waals surface area contributed by atoms with Crippen LogP contribution in [0.25, 0.3) is 0 Å². The SMILES string of the molecule is CCNC(=NCC(=O)N1CCCC1)NCc1sc(C)nc1C.I. The molecule has 2 heterocycles. The van der Waals surface area contributed by atoms with Crippen molar-refractivity contribution in [2.45, 2.75) is 40.2 Å². The Balaban J connectivity index is 0.00000264. The highest BCUT2D eigenvalue weighted by Crippen LogP contribution is 2.16. The monoisotopic (exact) mass is 451 g/mol. The molecule has 2 rings (SSSR count). The molecule has 1 fully saturated rings. The number of aryl methyl sites for hydroxylation is 2. The third-order valence-corrected chi connectivity index (χ3v) is 4.66. The first-order chi connectivity index (χ1) is 10.6. The maximum absolute atomic E-state index is 12.0. The van der Waals surface area contributed by atoms with Gasteiger partial charge in [0.05, 0.1) is 17.2 Å². The van der Waals surface area contributed by atoms with Gasteiger partial charge in [-0.25, -0.2) is 9.98 Å². The Kier molecular flexibility index (Phi) is 8.82. The number of carbonyl (C=O) groups is 1. The van der Waals surface area contributed by atoms with Crippen LogP contribution in [-0.2, 0) is 11.3 Å². The molecular formula is C15H26IN5OS. The molecule has 0 unspecified atom stereocenters. The zero-order chi connectivity index (χ0) is 15.9. The molecule has 0 aromatic carbocycles. The highest BCUT2D eigenvalue weighted by atomic mass is 127. The van der Waals surface area contributed by atoms with Gasteiger partial charge >= 0.3 is 0 Å². The van der Waals surface area contributed by atoms with E-state index in [2.05, 4.69) is 20.6 Å². The highest BCUT2D eigenvalue weighted by Gasteiger charge is 2.17. The van der Waals surface area contributed by atoms with E-state index >= 15 is 0 Å². The Morgan fingerprint density at radius 3 is 2.57 bits per heavy atom. The minimum absolute atomic E-state index is 0. The number of hydrogen-bond acceptors (Lipinski definition) is 4. The van der Waals surface area contributed by atoms with E-state index in [1.807, 2.05) is 25.7 Å². The van der Waals surface area contributed by atoms with Crippen LogP contribution in [0.4, 0.5) is 0 Å². The van der Waals surface area contributed by atoms with Crippen molar-refractivity contribution in [2.75, 3.05) is 26.2 Å². The van der Waals surface area contributed by atoms with Crippen molar-refractivity contribution in [1.82, 2.24) is 20.5 Å². The van der Waals surface area contributed by atoms with Crippen LogP contribution in [0.5, 0.6) is 0 Å². The third kappa shape index (κ3) is 6.25. The second-order valence-electron chi connectivity index (χ2n) is 5.38. The van der Waals surface area contributed by atoms with Gasteiger partial charge in [-0.2, -0.15) is 0 Å². The quantitative estimate of drug-likeness (QED) is 0.409. The Labute approximate surface area is 159 Å². The largest absolute Gasteiger partial charge is 0.357 e. The second kappa shape index (κ2) is 10.1. The van der Waals surface area contributed by atoms with Crippen LogP contribution in [0, 0.1) is 13.8 Å². The van der Waals surface area contributed by atoms with Crippen molar-refractivity contribution in [3.63, 3.8) is 0 Å². The Hall–Kier alpha value is -0.900. The number of guanidine groups is 1. The number of aromatic nitrogens is 1. The first-order valence-corrected chi connectivity index (χ1v) is 8.64. The number of nitrogens with zero attached hydrogens (tertiary/aromatic N) is 3. The molecule has 1 saturated heterocycles. The van der Waals surface area contributed by atoms with Crippen molar-refractivity contribution < 1.29 is 4.79 Å². The topological polar surface area (TPSA) is 69.6 Å². The van der Waals surface area contributed by atoms with Gasteiger partial charge in [0.2, 0.25) is 5.91 Å². The molecule has 0 spiro atoms. The van der Waals surface area contributed by atoms with Crippen LogP contribution >= 0.6 is 35.3 Å². The van der Waals surface area contributed by atoms with Gasteiger partial charge in [-0.1, -0.05) is 0 Å². The zero-order valence-corrected chi connectivity index (χ0v) is 17.2. The Bertz CT molecular complexity index is 540. The summed E-state index contributed by atoms with van der Waals surface area (Å²) >= 11 is 1.69. The maximum atomic E-state index is 12.0. The van der Waals surface area contributed by atoms with Crippen LogP contribution < -0.4 is 10.6 Å². The van der Waals surface area contributed by atoms with Crippen molar-refractivity contribution in [1.29, 1.82) is 0 Å². The first-order valence-electron chi connectivity index (χ1n) is 7.83. The lowest BCUT2D eigenvalue weighted by Crippen LogP contribution is -2.38. The summed E-state index contributed by atoms with van der Waals surface area (Å²) < 4.78 is 0. The van der Waals surface area contributed by atoms with Gasteiger partial charge < -0.3 is 15.5 Å². The molecule has 0 radical (unpaired) electrons. The lowest BCUT2D eigenvalue weighted by atomic mass is 10.4. The van der Waals surface area contributed by atoms with Gasteiger partial charge in [0.15, 0.2) is 5.96 Å². The lowest BCUT2D eigenvalue weighted by Gasteiger charge is -2.15. The smallest absolute Gasteiger partial charge is 0.244 e. The Morgan fingerprint density at radius 2 is 2.00 bits per heavy atom. The molecule has 1 aliphatic rings. The number of hydrogen-bond donors (Lipinski definition) is 2. The van der Waals surface area contributed by atoms with Gasteiger partial charge in [-0.15, -0.1) is 35.3 Å². The molecule has 0 saturated carbocycles. The number of likely N-dealkylation sites (tertiary alicyclic amines) is 1. The fourth-order valence-corrected chi connectivity index (χ4v) is 3.33. The first kappa shape index (κ1) is 20.1. The van der Waals surface area contributed by atoms with Crippen molar-refractivity contribution >= 4 is 47.2 Å². The van der Waals surface area contributed by atoms with Crippen LogP contribution in [0.2, 0.25) is 0 Å². The van der Waals surface area contributed by atoms with E-state index in [1.165, 1.54) is 4.88 Å². The molecule has 130 valence electrons. The average Bonchev–Trinajstić information content (AvgIpc) is 3.11. The summed E-state index contributed by atoms with van der Waals surface area (Å²) in [5.74, 6) is 0.792. The fourth-order valence-electron chi connectivity index (χ4n) is 2.46. The molecule has 1 aliphatic heterocycles. The molecule has 0 atom stereocenters. The molecule has 6 nitrogen and oxygen atoms in total. The predicted molar refractivity (Wildman–Crippen MR) is 106 cm³/mol. The van der Waals surface area contributed by atoms with Crippen molar-refractivity contribution in [2.24, 2.45) is 4.99 Å². The molecule has 8 heteroatoms. The van der Waals surface area contributed by atoms with Crippen LogP contribution in [-0.4, -0.2) is 47.9 Å².